The van der Waals surface area contributed by atoms with Crippen molar-refractivity contribution in [1.82, 2.24) is 4.90 Å². The molecule has 1 N–H and O–H groups in total. The number of carbonyl (C=O) groups excluding carboxylic acids is 2. The maximum atomic E-state index is 13.5. The number of carbonyl (C=O) groups is 2. The van der Waals surface area contributed by atoms with Crippen LogP contribution >= 0.6 is 0 Å². The van der Waals surface area contributed by atoms with E-state index in [2.05, 4.69) is 43.4 Å². The summed E-state index contributed by atoms with van der Waals surface area (Å²) in [6, 6.07) is 17.6. The molecule has 1 heterocycles. The molecule has 0 bridgehead atoms. The lowest BCUT2D eigenvalue weighted by atomic mass is 10.0. The number of ether oxygens (including phenoxy) is 1. The number of nitrogens with zero attached hydrogens (tertiary/aromatic N) is 3. The Morgan fingerprint density at radius 2 is 1.82 bits per heavy atom. The Bertz CT molecular complexity index is 1350. The van der Waals surface area contributed by atoms with Gasteiger partial charge in [-0.25, -0.2) is 4.79 Å². The number of benzene rings is 3. The van der Waals surface area contributed by atoms with E-state index >= 15 is 0 Å². The van der Waals surface area contributed by atoms with E-state index in [4.69, 9.17) is 4.74 Å². The predicted molar refractivity (Wildman–Crippen MR) is 147 cm³/mol. The summed E-state index contributed by atoms with van der Waals surface area (Å²) < 4.78 is 5.54. The van der Waals surface area contributed by atoms with Crippen molar-refractivity contribution in [2.75, 3.05) is 30.4 Å². The van der Waals surface area contributed by atoms with Crippen LogP contribution in [0.4, 0.5) is 21.9 Å². The molecule has 9 nitrogen and oxygen atoms in total. The molecular formula is C29H32N4O5. The van der Waals surface area contributed by atoms with Gasteiger partial charge in [0, 0.05) is 42.5 Å². The number of nitro groups is 1. The second-order valence-electron chi connectivity index (χ2n) is 9.70. The van der Waals surface area contributed by atoms with E-state index < -0.39 is 10.8 Å². The Morgan fingerprint density at radius 1 is 1.08 bits per heavy atom. The van der Waals surface area contributed by atoms with Crippen LogP contribution in [0.15, 0.2) is 60.7 Å². The minimum atomic E-state index is -0.510. The number of nitrogens with one attached hydrogen (secondary N) is 1. The highest BCUT2D eigenvalue weighted by Gasteiger charge is 2.29. The third kappa shape index (κ3) is 5.77. The third-order valence-electron chi connectivity index (χ3n) is 6.73. The molecule has 0 unspecified atom stereocenters. The quantitative estimate of drug-likeness (QED) is 0.287. The first kappa shape index (κ1) is 26.7. The summed E-state index contributed by atoms with van der Waals surface area (Å²) in [5.74, 6) is 0.462. The molecule has 38 heavy (non-hydrogen) atoms. The van der Waals surface area contributed by atoms with Crippen molar-refractivity contribution in [2.45, 2.75) is 39.7 Å². The zero-order valence-corrected chi connectivity index (χ0v) is 22.1. The minimum absolute atomic E-state index is 0.120. The first-order chi connectivity index (χ1) is 18.2. The van der Waals surface area contributed by atoms with Crippen molar-refractivity contribution in [3.05, 3.63) is 93.0 Å². The van der Waals surface area contributed by atoms with Crippen LogP contribution in [0.1, 0.15) is 53.2 Å². The van der Waals surface area contributed by atoms with Crippen LogP contribution in [0.25, 0.3) is 0 Å². The molecule has 1 saturated heterocycles. The lowest BCUT2D eigenvalue weighted by Crippen LogP contribution is -2.49. The summed E-state index contributed by atoms with van der Waals surface area (Å²) in [5, 5.41) is 14.1. The van der Waals surface area contributed by atoms with Crippen LogP contribution in [-0.4, -0.2) is 42.0 Å². The largest absolute Gasteiger partial charge is 0.495 e. The average Bonchev–Trinajstić information content (AvgIpc) is 2.90. The summed E-state index contributed by atoms with van der Waals surface area (Å²) in [6.45, 7) is 7.57. The van der Waals surface area contributed by atoms with E-state index in [-0.39, 0.29) is 17.3 Å². The zero-order chi connectivity index (χ0) is 27.4. The molecule has 0 aromatic heterocycles. The number of hydrogen-bond donors (Lipinski definition) is 1. The van der Waals surface area contributed by atoms with Crippen molar-refractivity contribution >= 4 is 29.0 Å². The highest BCUT2D eigenvalue weighted by atomic mass is 16.6. The summed E-state index contributed by atoms with van der Waals surface area (Å²) >= 11 is 0. The summed E-state index contributed by atoms with van der Waals surface area (Å²) in [4.78, 5) is 40.6. The van der Waals surface area contributed by atoms with E-state index in [9.17, 15) is 19.7 Å². The molecule has 198 valence electrons. The van der Waals surface area contributed by atoms with Crippen molar-refractivity contribution in [2.24, 2.45) is 0 Å². The number of hydrogen-bond acceptors (Lipinski definition) is 5. The first-order valence-corrected chi connectivity index (χ1v) is 12.6. The molecule has 4 rings (SSSR count). The van der Waals surface area contributed by atoms with Gasteiger partial charge >= 0.3 is 6.03 Å². The fourth-order valence-corrected chi connectivity index (χ4v) is 4.51. The molecule has 0 saturated carbocycles. The van der Waals surface area contributed by atoms with Crippen molar-refractivity contribution in [3.63, 3.8) is 0 Å². The van der Waals surface area contributed by atoms with Gasteiger partial charge in [0.2, 0.25) is 0 Å². The van der Waals surface area contributed by atoms with Gasteiger partial charge in [0.25, 0.3) is 11.6 Å². The van der Waals surface area contributed by atoms with Gasteiger partial charge in [-0.15, -0.1) is 0 Å². The molecule has 1 fully saturated rings. The lowest BCUT2D eigenvalue weighted by molar-refractivity contribution is -0.385. The van der Waals surface area contributed by atoms with Gasteiger partial charge in [-0.1, -0.05) is 44.2 Å². The van der Waals surface area contributed by atoms with Crippen LogP contribution in [0.3, 0.4) is 0 Å². The Morgan fingerprint density at radius 3 is 2.47 bits per heavy atom. The molecule has 0 atom stereocenters. The normalized spacial score (nSPS) is 13.6. The molecule has 1 aliphatic heterocycles. The molecule has 3 aromatic carbocycles. The van der Waals surface area contributed by atoms with Gasteiger partial charge in [0.15, 0.2) is 0 Å². The van der Waals surface area contributed by atoms with E-state index in [1.807, 2.05) is 4.90 Å². The first-order valence-electron chi connectivity index (χ1n) is 12.6. The number of nitro benzene ring substituents is 1. The van der Waals surface area contributed by atoms with Crippen molar-refractivity contribution < 1.29 is 19.2 Å². The molecule has 1 aliphatic rings. The number of urea groups is 1. The van der Waals surface area contributed by atoms with E-state index in [0.717, 1.165) is 12.0 Å². The molecule has 3 aromatic rings. The van der Waals surface area contributed by atoms with Gasteiger partial charge in [-0.2, -0.15) is 0 Å². The van der Waals surface area contributed by atoms with E-state index in [1.165, 1.54) is 18.7 Å². The molecular weight excluding hydrogens is 484 g/mol. The Hall–Kier alpha value is -4.40. The molecule has 0 aliphatic carbocycles. The molecule has 3 amide bonds. The van der Waals surface area contributed by atoms with Crippen molar-refractivity contribution in [3.8, 4) is 5.75 Å². The predicted octanol–water partition coefficient (Wildman–Crippen LogP) is 6.12. The fraction of sp³-hybridized carbons (Fsp3) is 0.310. The number of rotatable bonds is 8. The Labute approximate surface area is 222 Å². The van der Waals surface area contributed by atoms with Gasteiger partial charge in [-0.05, 0) is 54.7 Å². The molecule has 9 heteroatoms. The number of aryl methyl sites for hydroxylation is 1. The standard InChI is InChI=1S/C29H32N4O5/c1-19(2)22-10-7-21(8-11-22)18-31-14-5-15-32(29(31)35)26-17-24(12-13-27(26)38-4)30-28(34)23-9-6-20(3)25(16-23)33(36)37/h6-13,16-17,19H,5,14-15,18H2,1-4H3,(H,30,34). The highest BCUT2D eigenvalue weighted by molar-refractivity contribution is 6.05. The minimum Gasteiger partial charge on any atom is -0.495 e. The number of amides is 3. The van der Waals surface area contributed by atoms with Crippen LogP contribution in [0, 0.1) is 17.0 Å². The highest BCUT2D eigenvalue weighted by Crippen LogP contribution is 2.34. The van der Waals surface area contributed by atoms with Crippen LogP contribution in [0.2, 0.25) is 0 Å². The Balaban J connectivity index is 1.54. The monoisotopic (exact) mass is 516 g/mol. The average molecular weight is 517 g/mol. The third-order valence-corrected chi connectivity index (χ3v) is 6.73. The van der Waals surface area contributed by atoms with E-state index in [1.54, 1.807) is 42.2 Å². The fourth-order valence-electron chi connectivity index (χ4n) is 4.51. The number of methoxy groups -OCH3 is 1. The molecule has 0 spiro atoms. The smallest absolute Gasteiger partial charge is 0.324 e. The van der Waals surface area contributed by atoms with Crippen LogP contribution in [-0.2, 0) is 6.54 Å². The summed E-state index contributed by atoms with van der Waals surface area (Å²) in [6.07, 6.45) is 0.780. The summed E-state index contributed by atoms with van der Waals surface area (Å²) in [5.41, 5.74) is 3.83. The van der Waals surface area contributed by atoms with Gasteiger partial charge in [-0.3, -0.25) is 19.8 Å². The number of anilines is 2. The van der Waals surface area contributed by atoms with Gasteiger partial charge in [0.1, 0.15) is 5.75 Å². The lowest BCUT2D eigenvalue weighted by Gasteiger charge is -2.36. The maximum Gasteiger partial charge on any atom is 0.324 e. The molecule has 0 radical (unpaired) electrons. The van der Waals surface area contributed by atoms with E-state index in [0.29, 0.717) is 48.2 Å². The van der Waals surface area contributed by atoms with Crippen LogP contribution < -0.4 is 15.0 Å². The zero-order valence-electron chi connectivity index (χ0n) is 22.1. The van der Waals surface area contributed by atoms with Gasteiger partial charge in [0.05, 0.1) is 17.7 Å². The topological polar surface area (TPSA) is 105 Å². The van der Waals surface area contributed by atoms with Crippen LogP contribution in [0.5, 0.6) is 5.75 Å². The second-order valence-corrected chi connectivity index (χ2v) is 9.70. The summed E-state index contributed by atoms with van der Waals surface area (Å²) in [7, 11) is 1.53. The second kappa shape index (κ2) is 11.3. The maximum absolute atomic E-state index is 13.5. The van der Waals surface area contributed by atoms with Gasteiger partial charge < -0.3 is 15.0 Å². The SMILES string of the molecule is COc1ccc(NC(=O)c2ccc(C)c([N+](=O)[O-])c2)cc1N1CCCN(Cc2ccc(C(C)C)cc2)C1=O. The Kier molecular flexibility index (Phi) is 7.95. The van der Waals surface area contributed by atoms with Crippen molar-refractivity contribution in [1.29, 1.82) is 0 Å².